The van der Waals surface area contributed by atoms with Crippen molar-refractivity contribution in [1.82, 2.24) is 10.6 Å². The first-order chi connectivity index (χ1) is 7.13. The van der Waals surface area contributed by atoms with Crippen molar-refractivity contribution in [3.63, 3.8) is 0 Å². The average molecular weight is 211 g/mol. The Morgan fingerprint density at radius 3 is 2.40 bits per heavy atom. The Hall–Kier alpha value is -0.120. The number of nitrogens with one attached hydrogen (secondary N) is 2. The lowest BCUT2D eigenvalue weighted by molar-refractivity contribution is 0.149. The van der Waals surface area contributed by atoms with Crippen LogP contribution in [0.25, 0.3) is 0 Å². The van der Waals surface area contributed by atoms with Crippen LogP contribution in [-0.2, 0) is 0 Å². The molecular weight excluding hydrogens is 186 g/mol. The average Bonchev–Trinajstić information content (AvgIpc) is 3.02. The van der Waals surface area contributed by atoms with Crippen molar-refractivity contribution in [2.75, 3.05) is 6.54 Å². The van der Waals surface area contributed by atoms with Crippen LogP contribution < -0.4 is 16.4 Å². The van der Waals surface area contributed by atoms with Gasteiger partial charge in [-0.05, 0) is 32.6 Å². The Balaban J connectivity index is 2.01. The molecular formula is C12H25N3. The zero-order valence-electron chi connectivity index (χ0n) is 10.1. The Bertz CT molecular complexity index is 207. The predicted molar refractivity (Wildman–Crippen MR) is 63.6 cm³/mol. The van der Waals surface area contributed by atoms with Gasteiger partial charge in [-0.25, -0.2) is 0 Å². The van der Waals surface area contributed by atoms with E-state index < -0.39 is 0 Å². The SMILES string of the molecule is CC(N)C(C)(NC1CN1)C1CCCCC1. The number of hydrogen-bond acceptors (Lipinski definition) is 3. The molecule has 0 aromatic heterocycles. The third-order valence-electron chi connectivity index (χ3n) is 4.29. The van der Waals surface area contributed by atoms with E-state index in [1.807, 2.05) is 0 Å². The molecule has 1 saturated carbocycles. The van der Waals surface area contributed by atoms with Crippen molar-refractivity contribution in [3.05, 3.63) is 0 Å². The molecule has 2 fully saturated rings. The van der Waals surface area contributed by atoms with Crippen LogP contribution in [0, 0.1) is 5.92 Å². The fourth-order valence-electron chi connectivity index (χ4n) is 2.86. The van der Waals surface area contributed by atoms with Crippen molar-refractivity contribution in [1.29, 1.82) is 0 Å². The van der Waals surface area contributed by atoms with Crippen LogP contribution in [0.3, 0.4) is 0 Å². The van der Waals surface area contributed by atoms with E-state index in [-0.39, 0.29) is 11.6 Å². The lowest BCUT2D eigenvalue weighted by Gasteiger charge is -2.43. The molecule has 3 nitrogen and oxygen atoms in total. The zero-order chi connectivity index (χ0) is 10.9. The monoisotopic (exact) mass is 211 g/mol. The van der Waals surface area contributed by atoms with Gasteiger partial charge in [-0.2, -0.15) is 0 Å². The van der Waals surface area contributed by atoms with Gasteiger partial charge in [0.25, 0.3) is 0 Å². The molecule has 0 bridgehead atoms. The van der Waals surface area contributed by atoms with E-state index in [1.165, 1.54) is 32.1 Å². The lowest BCUT2D eigenvalue weighted by atomic mass is 9.72. The van der Waals surface area contributed by atoms with E-state index in [0.29, 0.717) is 6.17 Å². The Morgan fingerprint density at radius 1 is 1.33 bits per heavy atom. The van der Waals surface area contributed by atoms with Gasteiger partial charge in [0.15, 0.2) is 0 Å². The van der Waals surface area contributed by atoms with Crippen LogP contribution in [0.1, 0.15) is 46.0 Å². The summed E-state index contributed by atoms with van der Waals surface area (Å²) in [5, 5.41) is 7.02. The molecule has 0 aromatic carbocycles. The standard InChI is InChI=1S/C12H25N3/c1-9(13)12(2,15-11-8-14-11)10-6-4-3-5-7-10/h9-11,14-15H,3-8,13H2,1-2H3. The maximum absolute atomic E-state index is 6.19. The molecule has 88 valence electrons. The third kappa shape index (κ3) is 2.52. The summed E-state index contributed by atoms with van der Waals surface area (Å²) in [5.74, 6) is 0.758. The smallest absolute Gasteiger partial charge is 0.0706 e. The maximum Gasteiger partial charge on any atom is 0.0706 e. The minimum Gasteiger partial charge on any atom is -0.326 e. The molecule has 2 aliphatic rings. The minimum atomic E-state index is 0.120. The minimum absolute atomic E-state index is 0.120. The van der Waals surface area contributed by atoms with Crippen LogP contribution >= 0.6 is 0 Å². The maximum atomic E-state index is 6.19. The third-order valence-corrected chi connectivity index (χ3v) is 4.29. The molecule has 3 heteroatoms. The fraction of sp³-hybridized carbons (Fsp3) is 1.00. The summed E-state index contributed by atoms with van der Waals surface area (Å²) >= 11 is 0. The largest absolute Gasteiger partial charge is 0.326 e. The fourth-order valence-corrected chi connectivity index (χ4v) is 2.86. The first kappa shape index (κ1) is 11.4. The highest BCUT2D eigenvalue weighted by atomic mass is 15.3. The van der Waals surface area contributed by atoms with E-state index in [0.717, 1.165) is 12.5 Å². The highest BCUT2D eigenvalue weighted by molar-refractivity contribution is 5.01. The van der Waals surface area contributed by atoms with Crippen LogP contribution in [-0.4, -0.2) is 24.3 Å². The van der Waals surface area contributed by atoms with E-state index in [4.69, 9.17) is 5.73 Å². The van der Waals surface area contributed by atoms with E-state index in [9.17, 15) is 0 Å². The topological polar surface area (TPSA) is 60.0 Å². The van der Waals surface area contributed by atoms with Gasteiger partial charge in [-0.1, -0.05) is 19.3 Å². The van der Waals surface area contributed by atoms with Crippen molar-refractivity contribution < 1.29 is 0 Å². The van der Waals surface area contributed by atoms with Gasteiger partial charge in [0.2, 0.25) is 0 Å². The molecule has 3 unspecified atom stereocenters. The second-order valence-electron chi connectivity index (χ2n) is 5.51. The Kier molecular flexibility index (Phi) is 3.33. The number of hydrogen-bond donors (Lipinski definition) is 3. The van der Waals surface area contributed by atoms with E-state index in [2.05, 4.69) is 24.5 Å². The first-order valence-corrected chi connectivity index (χ1v) is 6.39. The van der Waals surface area contributed by atoms with Gasteiger partial charge in [-0.3, -0.25) is 10.6 Å². The van der Waals surface area contributed by atoms with Crippen molar-refractivity contribution in [2.24, 2.45) is 11.7 Å². The molecule has 3 atom stereocenters. The van der Waals surface area contributed by atoms with E-state index >= 15 is 0 Å². The molecule has 0 radical (unpaired) electrons. The molecule has 0 aromatic rings. The highest BCUT2D eigenvalue weighted by Gasteiger charge is 2.41. The molecule has 4 N–H and O–H groups in total. The predicted octanol–water partition coefficient (Wildman–Crippen LogP) is 1.19. The van der Waals surface area contributed by atoms with Gasteiger partial charge in [0.05, 0.1) is 6.17 Å². The van der Waals surface area contributed by atoms with Crippen molar-refractivity contribution in [3.8, 4) is 0 Å². The van der Waals surface area contributed by atoms with E-state index in [1.54, 1.807) is 0 Å². The van der Waals surface area contributed by atoms with Gasteiger partial charge >= 0.3 is 0 Å². The molecule has 15 heavy (non-hydrogen) atoms. The summed E-state index contributed by atoms with van der Waals surface area (Å²) < 4.78 is 0. The molecule has 1 aliphatic heterocycles. The Labute approximate surface area is 93.2 Å². The quantitative estimate of drug-likeness (QED) is 0.612. The number of rotatable bonds is 4. The molecule has 0 amide bonds. The van der Waals surface area contributed by atoms with Crippen LogP contribution in [0.15, 0.2) is 0 Å². The van der Waals surface area contributed by atoms with Crippen LogP contribution in [0.4, 0.5) is 0 Å². The summed E-state index contributed by atoms with van der Waals surface area (Å²) in [6, 6.07) is 0.225. The summed E-state index contributed by atoms with van der Waals surface area (Å²) in [6.45, 7) is 5.56. The second-order valence-corrected chi connectivity index (χ2v) is 5.51. The Morgan fingerprint density at radius 2 is 1.93 bits per heavy atom. The van der Waals surface area contributed by atoms with Gasteiger partial charge < -0.3 is 5.73 Å². The molecule has 2 rings (SSSR count). The van der Waals surface area contributed by atoms with Crippen LogP contribution in [0.2, 0.25) is 0 Å². The molecule has 1 saturated heterocycles. The summed E-state index contributed by atoms with van der Waals surface area (Å²) in [7, 11) is 0. The molecule has 1 heterocycles. The number of nitrogens with two attached hydrogens (primary N) is 1. The normalized spacial score (nSPS) is 33.4. The molecule has 1 aliphatic carbocycles. The zero-order valence-corrected chi connectivity index (χ0v) is 10.1. The van der Waals surface area contributed by atoms with Gasteiger partial charge in [-0.15, -0.1) is 0 Å². The van der Waals surface area contributed by atoms with Crippen LogP contribution in [0.5, 0.6) is 0 Å². The van der Waals surface area contributed by atoms with Crippen molar-refractivity contribution >= 4 is 0 Å². The van der Waals surface area contributed by atoms with Gasteiger partial charge in [0, 0.05) is 18.1 Å². The lowest BCUT2D eigenvalue weighted by Crippen LogP contribution is -2.61. The van der Waals surface area contributed by atoms with Crippen molar-refractivity contribution in [2.45, 2.75) is 63.7 Å². The van der Waals surface area contributed by atoms with Gasteiger partial charge in [0.1, 0.15) is 0 Å². The second kappa shape index (κ2) is 4.40. The summed E-state index contributed by atoms with van der Waals surface area (Å²) in [6.07, 6.45) is 7.38. The molecule has 0 spiro atoms. The summed E-state index contributed by atoms with van der Waals surface area (Å²) in [4.78, 5) is 0. The summed E-state index contributed by atoms with van der Waals surface area (Å²) in [5.41, 5.74) is 6.31. The highest BCUT2D eigenvalue weighted by Crippen LogP contribution is 2.34. The first-order valence-electron chi connectivity index (χ1n) is 6.39.